The van der Waals surface area contributed by atoms with Gasteiger partial charge in [0.2, 0.25) is 17.7 Å². The van der Waals surface area contributed by atoms with E-state index in [1.165, 1.54) is 17.4 Å². The molecule has 1 aromatic rings. The highest BCUT2D eigenvalue weighted by Crippen LogP contribution is 2.19. The molecule has 12 heteroatoms. The van der Waals surface area contributed by atoms with Gasteiger partial charge in [-0.2, -0.15) is 12.6 Å². The number of aromatic nitrogens is 2. The zero-order chi connectivity index (χ0) is 23.1. The number of amides is 3. The van der Waals surface area contributed by atoms with Crippen molar-refractivity contribution in [2.24, 2.45) is 11.7 Å². The Hall–Kier alpha value is -2.60. The van der Waals surface area contributed by atoms with Crippen LogP contribution in [0.2, 0.25) is 0 Å². The number of likely N-dealkylation sites (tertiary alicyclic amines) is 1. The molecular formula is C19H30N6O5S. The van der Waals surface area contributed by atoms with Crippen molar-refractivity contribution in [1.29, 1.82) is 0 Å². The number of carbonyl (C=O) groups excluding carboxylic acids is 3. The number of aliphatic carboxylic acids is 1. The van der Waals surface area contributed by atoms with Crippen LogP contribution < -0.4 is 16.4 Å². The maximum atomic E-state index is 13.0. The van der Waals surface area contributed by atoms with Crippen LogP contribution in [0.3, 0.4) is 0 Å². The number of hydrogen-bond acceptors (Lipinski definition) is 7. The van der Waals surface area contributed by atoms with E-state index < -0.39 is 47.9 Å². The van der Waals surface area contributed by atoms with Crippen molar-refractivity contribution in [2.75, 3.05) is 12.3 Å². The number of nitrogens with one attached hydrogen (secondary N) is 3. The fraction of sp³-hybridized carbons (Fsp3) is 0.632. The first-order valence-corrected chi connectivity index (χ1v) is 10.8. The molecular weight excluding hydrogens is 424 g/mol. The molecule has 0 bridgehead atoms. The van der Waals surface area contributed by atoms with Crippen molar-refractivity contribution in [2.45, 2.75) is 57.3 Å². The molecule has 1 saturated heterocycles. The summed E-state index contributed by atoms with van der Waals surface area (Å²) >= 11 is 4.16. The number of imidazole rings is 1. The summed E-state index contributed by atoms with van der Waals surface area (Å²) in [5.74, 6) is -2.85. The lowest BCUT2D eigenvalue weighted by atomic mass is 10.0. The minimum Gasteiger partial charge on any atom is -0.480 e. The second kappa shape index (κ2) is 11.1. The number of rotatable bonds is 10. The van der Waals surface area contributed by atoms with E-state index in [-0.39, 0.29) is 18.1 Å². The van der Waals surface area contributed by atoms with Crippen LogP contribution in [0.15, 0.2) is 12.5 Å². The number of carboxylic acids is 1. The third-order valence-electron chi connectivity index (χ3n) is 5.25. The minimum absolute atomic E-state index is 0.0242. The number of hydrogen-bond donors (Lipinski definition) is 6. The van der Waals surface area contributed by atoms with Crippen molar-refractivity contribution in [3.8, 4) is 0 Å². The number of nitrogens with zero attached hydrogens (tertiary/aromatic N) is 2. The summed E-state index contributed by atoms with van der Waals surface area (Å²) in [6.07, 6.45) is 4.02. The first-order chi connectivity index (χ1) is 14.6. The van der Waals surface area contributed by atoms with Gasteiger partial charge in [-0.05, 0) is 18.8 Å². The second-order valence-electron chi connectivity index (χ2n) is 7.88. The standard InChI is InChI=1S/C19H30N6O5S/c1-10(2)15(20)17(27)23-12(6-11-7-21-9-22-11)16(26)24-13(8-31)18(28)25-5-3-4-14(25)19(29)30/h7,9-10,12-15,31H,3-6,8,20H2,1-2H3,(H,21,22)(H,23,27)(H,24,26)(H,29,30). The zero-order valence-corrected chi connectivity index (χ0v) is 18.5. The van der Waals surface area contributed by atoms with E-state index in [9.17, 15) is 24.3 Å². The lowest BCUT2D eigenvalue weighted by Gasteiger charge is -2.28. The van der Waals surface area contributed by atoms with Crippen LogP contribution in [0.1, 0.15) is 32.4 Å². The number of nitrogens with two attached hydrogens (primary N) is 1. The molecule has 0 saturated carbocycles. The molecule has 1 aromatic heterocycles. The third-order valence-corrected chi connectivity index (χ3v) is 5.62. The first kappa shape index (κ1) is 24.7. The van der Waals surface area contributed by atoms with Crippen LogP contribution in [0.5, 0.6) is 0 Å². The Kier molecular flexibility index (Phi) is 8.87. The molecule has 2 rings (SSSR count). The summed E-state index contributed by atoms with van der Waals surface area (Å²) in [4.78, 5) is 57.7. The molecule has 172 valence electrons. The highest BCUT2D eigenvalue weighted by atomic mass is 32.1. The van der Waals surface area contributed by atoms with Crippen molar-refractivity contribution in [3.05, 3.63) is 18.2 Å². The topological polar surface area (TPSA) is 171 Å². The fourth-order valence-electron chi connectivity index (χ4n) is 3.34. The highest BCUT2D eigenvalue weighted by molar-refractivity contribution is 7.80. The number of carbonyl (C=O) groups is 4. The van der Waals surface area contributed by atoms with Crippen molar-refractivity contribution >= 4 is 36.3 Å². The summed E-state index contributed by atoms with van der Waals surface area (Å²) in [5.41, 5.74) is 6.50. The largest absolute Gasteiger partial charge is 0.480 e. The molecule has 0 radical (unpaired) electrons. The summed E-state index contributed by atoms with van der Waals surface area (Å²) in [6, 6.07) is -3.77. The van der Waals surface area contributed by atoms with Gasteiger partial charge in [0, 0.05) is 30.6 Å². The van der Waals surface area contributed by atoms with Gasteiger partial charge < -0.3 is 31.4 Å². The monoisotopic (exact) mass is 454 g/mol. The van der Waals surface area contributed by atoms with Gasteiger partial charge in [0.25, 0.3) is 0 Å². The molecule has 31 heavy (non-hydrogen) atoms. The Bertz CT molecular complexity index is 787. The highest BCUT2D eigenvalue weighted by Gasteiger charge is 2.38. The molecule has 4 unspecified atom stereocenters. The molecule has 1 aliphatic heterocycles. The molecule has 1 fully saturated rings. The lowest BCUT2D eigenvalue weighted by molar-refractivity contribution is -0.149. The summed E-state index contributed by atoms with van der Waals surface area (Å²) in [7, 11) is 0. The van der Waals surface area contributed by atoms with E-state index in [2.05, 4.69) is 33.2 Å². The van der Waals surface area contributed by atoms with Gasteiger partial charge in [0.05, 0.1) is 12.4 Å². The summed E-state index contributed by atoms with van der Waals surface area (Å²) in [6.45, 7) is 3.88. The Morgan fingerprint density at radius 2 is 1.97 bits per heavy atom. The molecule has 0 aromatic carbocycles. The Balaban J connectivity index is 2.13. The van der Waals surface area contributed by atoms with E-state index in [4.69, 9.17) is 5.73 Å². The molecule has 4 atom stereocenters. The number of carboxylic acid groups (broad SMARTS) is 1. The molecule has 0 spiro atoms. The van der Waals surface area contributed by atoms with Crippen LogP contribution >= 0.6 is 12.6 Å². The van der Waals surface area contributed by atoms with Gasteiger partial charge >= 0.3 is 5.97 Å². The predicted octanol–water partition coefficient (Wildman–Crippen LogP) is -1.09. The average molecular weight is 455 g/mol. The normalized spacial score (nSPS) is 19.0. The first-order valence-electron chi connectivity index (χ1n) is 10.1. The number of thiol groups is 1. The third kappa shape index (κ3) is 6.44. The van der Waals surface area contributed by atoms with Crippen molar-refractivity contribution < 1.29 is 24.3 Å². The van der Waals surface area contributed by atoms with E-state index >= 15 is 0 Å². The summed E-state index contributed by atoms with van der Waals surface area (Å²) in [5, 5.41) is 14.6. The van der Waals surface area contributed by atoms with Gasteiger partial charge in [-0.25, -0.2) is 9.78 Å². The molecule has 3 amide bonds. The van der Waals surface area contributed by atoms with Crippen LogP contribution in [0.25, 0.3) is 0 Å². The van der Waals surface area contributed by atoms with Crippen LogP contribution in [0.4, 0.5) is 0 Å². The maximum Gasteiger partial charge on any atom is 0.326 e. The quantitative estimate of drug-likeness (QED) is 0.244. The van der Waals surface area contributed by atoms with Crippen LogP contribution in [-0.4, -0.2) is 80.1 Å². The van der Waals surface area contributed by atoms with Gasteiger partial charge in [0.15, 0.2) is 0 Å². The molecule has 0 aliphatic carbocycles. The zero-order valence-electron chi connectivity index (χ0n) is 17.6. The Morgan fingerprint density at radius 1 is 1.29 bits per heavy atom. The summed E-state index contributed by atoms with van der Waals surface area (Å²) < 4.78 is 0. The van der Waals surface area contributed by atoms with Crippen molar-refractivity contribution in [1.82, 2.24) is 25.5 Å². The molecule has 11 nitrogen and oxygen atoms in total. The minimum atomic E-state index is -1.08. The molecule has 2 heterocycles. The van der Waals surface area contributed by atoms with E-state index in [1.807, 2.05) is 0 Å². The SMILES string of the molecule is CC(C)C(N)C(=O)NC(Cc1cnc[nH]1)C(=O)NC(CS)C(=O)N1CCCC1C(=O)O. The van der Waals surface area contributed by atoms with Gasteiger partial charge in [-0.1, -0.05) is 13.8 Å². The predicted molar refractivity (Wildman–Crippen MR) is 115 cm³/mol. The van der Waals surface area contributed by atoms with E-state index in [0.29, 0.717) is 25.1 Å². The van der Waals surface area contributed by atoms with Gasteiger partial charge in [-0.3, -0.25) is 14.4 Å². The Labute approximate surface area is 185 Å². The average Bonchev–Trinajstić information content (AvgIpc) is 3.41. The lowest BCUT2D eigenvalue weighted by Crippen LogP contribution is -2.58. The van der Waals surface area contributed by atoms with Gasteiger partial charge in [0.1, 0.15) is 18.1 Å². The van der Waals surface area contributed by atoms with Crippen LogP contribution in [-0.2, 0) is 25.6 Å². The number of H-pyrrole nitrogens is 1. The number of aromatic amines is 1. The second-order valence-corrected chi connectivity index (χ2v) is 8.25. The molecule has 6 N–H and O–H groups in total. The smallest absolute Gasteiger partial charge is 0.326 e. The maximum absolute atomic E-state index is 13.0. The van der Waals surface area contributed by atoms with Crippen LogP contribution in [0, 0.1) is 5.92 Å². The van der Waals surface area contributed by atoms with Gasteiger partial charge in [-0.15, -0.1) is 0 Å². The van der Waals surface area contributed by atoms with E-state index in [1.54, 1.807) is 13.8 Å². The fourth-order valence-corrected chi connectivity index (χ4v) is 3.59. The van der Waals surface area contributed by atoms with E-state index in [0.717, 1.165) is 0 Å². The Morgan fingerprint density at radius 3 is 2.52 bits per heavy atom. The molecule has 1 aliphatic rings. The van der Waals surface area contributed by atoms with Crippen molar-refractivity contribution in [3.63, 3.8) is 0 Å².